The second-order valence-electron chi connectivity index (χ2n) is 3.30. The fraction of sp³-hybridized carbons (Fsp3) is 0.750. The van der Waals surface area contributed by atoms with Gasteiger partial charge in [0.25, 0.3) is 5.90 Å². The molecule has 0 aromatic carbocycles. The van der Waals surface area contributed by atoms with Gasteiger partial charge in [-0.05, 0) is 18.8 Å². The average molecular weight is 169 g/mol. The molecule has 1 saturated carbocycles. The maximum atomic E-state index is 10.4. The number of aliphatic imine (C=N–C) groups is 1. The minimum Gasteiger partial charge on any atom is -0.474 e. The average Bonchev–Trinajstić information content (AvgIpc) is 2.32. The van der Waals surface area contributed by atoms with E-state index >= 15 is 0 Å². The number of carbonyl (C=O) groups is 1. The van der Waals surface area contributed by atoms with Crippen LogP contribution in [0.2, 0.25) is 0 Å². The molecule has 1 atom stereocenters. The molecule has 12 heavy (non-hydrogen) atoms. The van der Waals surface area contributed by atoms with E-state index < -0.39 is 5.97 Å². The van der Waals surface area contributed by atoms with Gasteiger partial charge in [0.15, 0.2) is 0 Å². The van der Waals surface area contributed by atoms with Crippen molar-refractivity contribution in [3.8, 4) is 0 Å². The number of hydrogen-bond acceptors (Lipinski definition) is 3. The molecular formula is C8H11NO3. The van der Waals surface area contributed by atoms with Gasteiger partial charge in [-0.15, -0.1) is 0 Å². The van der Waals surface area contributed by atoms with Crippen LogP contribution in [0, 0.1) is 5.92 Å². The highest BCUT2D eigenvalue weighted by molar-refractivity contribution is 6.32. The Morgan fingerprint density at radius 3 is 2.75 bits per heavy atom. The lowest BCUT2D eigenvalue weighted by molar-refractivity contribution is -0.131. The number of rotatable bonds is 2. The fourth-order valence-electron chi connectivity index (χ4n) is 1.57. The molecule has 4 heteroatoms. The summed E-state index contributed by atoms with van der Waals surface area (Å²) in [4.78, 5) is 14.2. The third kappa shape index (κ3) is 1.17. The zero-order chi connectivity index (χ0) is 8.55. The Kier molecular flexibility index (Phi) is 1.75. The Morgan fingerprint density at radius 1 is 1.58 bits per heavy atom. The highest BCUT2D eigenvalue weighted by Gasteiger charge is 2.34. The van der Waals surface area contributed by atoms with Crippen LogP contribution < -0.4 is 0 Å². The minimum atomic E-state index is -1.04. The van der Waals surface area contributed by atoms with Crippen molar-refractivity contribution in [2.75, 3.05) is 6.54 Å². The van der Waals surface area contributed by atoms with Crippen molar-refractivity contribution < 1.29 is 14.6 Å². The highest BCUT2D eigenvalue weighted by atomic mass is 16.5. The molecule has 0 radical (unpaired) electrons. The highest BCUT2D eigenvalue weighted by Crippen LogP contribution is 2.32. The van der Waals surface area contributed by atoms with E-state index in [1.807, 2.05) is 0 Å². The summed E-state index contributed by atoms with van der Waals surface area (Å²) in [5.41, 5.74) is 0. The van der Waals surface area contributed by atoms with Crippen molar-refractivity contribution >= 4 is 11.9 Å². The van der Waals surface area contributed by atoms with Gasteiger partial charge in [-0.2, -0.15) is 0 Å². The molecule has 66 valence electrons. The summed E-state index contributed by atoms with van der Waals surface area (Å²) < 4.78 is 5.18. The second-order valence-corrected chi connectivity index (χ2v) is 3.30. The molecule has 0 saturated heterocycles. The summed E-state index contributed by atoms with van der Waals surface area (Å²) in [6, 6.07) is 0. The predicted octanol–water partition coefficient (Wildman–Crippen LogP) is 0.668. The van der Waals surface area contributed by atoms with Crippen molar-refractivity contribution in [3.63, 3.8) is 0 Å². The third-order valence-corrected chi connectivity index (χ3v) is 2.54. The Bertz CT molecular complexity index is 232. The van der Waals surface area contributed by atoms with Crippen molar-refractivity contribution in [1.29, 1.82) is 0 Å². The van der Waals surface area contributed by atoms with Crippen molar-refractivity contribution in [1.82, 2.24) is 0 Å². The van der Waals surface area contributed by atoms with Crippen LogP contribution in [-0.2, 0) is 9.53 Å². The molecule has 1 aliphatic heterocycles. The Balaban J connectivity index is 1.89. The van der Waals surface area contributed by atoms with Crippen molar-refractivity contribution in [2.24, 2.45) is 10.9 Å². The minimum absolute atomic E-state index is 0.0462. The van der Waals surface area contributed by atoms with Gasteiger partial charge in [0.05, 0.1) is 6.54 Å². The molecule has 0 aromatic heterocycles. The Hall–Kier alpha value is -1.06. The lowest BCUT2D eigenvalue weighted by Gasteiger charge is -2.29. The number of hydrogen-bond donors (Lipinski definition) is 1. The van der Waals surface area contributed by atoms with Crippen LogP contribution in [0.25, 0.3) is 0 Å². The SMILES string of the molecule is O=C(O)C1=NCC(C2CCC2)O1. The van der Waals surface area contributed by atoms with Crippen LogP contribution in [0.3, 0.4) is 0 Å². The van der Waals surface area contributed by atoms with E-state index in [9.17, 15) is 4.79 Å². The van der Waals surface area contributed by atoms with E-state index in [2.05, 4.69) is 4.99 Å². The van der Waals surface area contributed by atoms with Crippen LogP contribution in [0.5, 0.6) is 0 Å². The number of nitrogens with zero attached hydrogens (tertiary/aromatic N) is 1. The molecule has 2 aliphatic rings. The maximum absolute atomic E-state index is 10.4. The molecule has 1 heterocycles. The normalized spacial score (nSPS) is 29.0. The van der Waals surface area contributed by atoms with Gasteiger partial charge in [-0.3, -0.25) is 0 Å². The van der Waals surface area contributed by atoms with E-state index in [-0.39, 0.29) is 12.0 Å². The number of aliphatic carboxylic acids is 1. The molecule has 1 fully saturated rings. The van der Waals surface area contributed by atoms with E-state index in [1.54, 1.807) is 0 Å². The lowest BCUT2D eigenvalue weighted by atomic mass is 9.81. The van der Waals surface area contributed by atoms with Gasteiger partial charge in [-0.25, -0.2) is 9.79 Å². The van der Waals surface area contributed by atoms with Crippen LogP contribution in [0.1, 0.15) is 19.3 Å². The molecule has 4 nitrogen and oxygen atoms in total. The lowest BCUT2D eigenvalue weighted by Crippen LogP contribution is -2.30. The quantitative estimate of drug-likeness (QED) is 0.660. The summed E-state index contributed by atoms with van der Waals surface area (Å²) in [6.07, 6.45) is 3.61. The van der Waals surface area contributed by atoms with Crippen LogP contribution in [0.15, 0.2) is 4.99 Å². The first-order valence-electron chi connectivity index (χ1n) is 4.22. The summed E-state index contributed by atoms with van der Waals surface area (Å²) in [5, 5.41) is 8.55. The summed E-state index contributed by atoms with van der Waals surface area (Å²) >= 11 is 0. The number of ether oxygens (including phenoxy) is 1. The fourth-order valence-corrected chi connectivity index (χ4v) is 1.57. The molecule has 0 bridgehead atoms. The summed E-state index contributed by atoms with van der Waals surface area (Å²) in [6.45, 7) is 0.534. The molecule has 1 unspecified atom stereocenters. The van der Waals surface area contributed by atoms with Crippen molar-refractivity contribution in [2.45, 2.75) is 25.4 Å². The first-order valence-corrected chi connectivity index (χ1v) is 4.22. The van der Waals surface area contributed by atoms with E-state index in [0.29, 0.717) is 12.5 Å². The first-order chi connectivity index (χ1) is 5.77. The Labute approximate surface area is 70.2 Å². The topological polar surface area (TPSA) is 58.9 Å². The van der Waals surface area contributed by atoms with Crippen LogP contribution >= 0.6 is 0 Å². The monoisotopic (exact) mass is 169 g/mol. The zero-order valence-electron chi connectivity index (χ0n) is 6.69. The molecule has 0 spiro atoms. The molecule has 2 rings (SSSR count). The zero-order valence-corrected chi connectivity index (χ0v) is 6.69. The molecular weight excluding hydrogens is 158 g/mol. The van der Waals surface area contributed by atoms with Gasteiger partial charge in [0.1, 0.15) is 6.10 Å². The van der Waals surface area contributed by atoms with E-state index in [4.69, 9.17) is 9.84 Å². The largest absolute Gasteiger partial charge is 0.474 e. The molecule has 1 aliphatic carbocycles. The van der Waals surface area contributed by atoms with Gasteiger partial charge in [-0.1, -0.05) is 6.42 Å². The maximum Gasteiger partial charge on any atom is 0.391 e. The smallest absolute Gasteiger partial charge is 0.391 e. The van der Waals surface area contributed by atoms with E-state index in [1.165, 1.54) is 6.42 Å². The van der Waals surface area contributed by atoms with Crippen molar-refractivity contribution in [3.05, 3.63) is 0 Å². The third-order valence-electron chi connectivity index (χ3n) is 2.54. The summed E-state index contributed by atoms with van der Waals surface area (Å²) in [5.74, 6) is -0.602. The molecule has 1 N–H and O–H groups in total. The number of carboxylic acids is 1. The van der Waals surface area contributed by atoms with Gasteiger partial charge >= 0.3 is 5.97 Å². The second kappa shape index (κ2) is 2.77. The molecule has 0 amide bonds. The summed E-state index contributed by atoms with van der Waals surface area (Å²) in [7, 11) is 0. The van der Waals surface area contributed by atoms with E-state index in [0.717, 1.165) is 12.8 Å². The first kappa shape index (κ1) is 7.58. The number of carboxylic acid groups (broad SMARTS) is 1. The molecule has 0 aromatic rings. The Morgan fingerprint density at radius 2 is 2.33 bits per heavy atom. The van der Waals surface area contributed by atoms with Crippen LogP contribution in [-0.4, -0.2) is 29.6 Å². The predicted molar refractivity (Wildman–Crippen MR) is 42.2 cm³/mol. The van der Waals surface area contributed by atoms with Gasteiger partial charge in [0, 0.05) is 0 Å². The van der Waals surface area contributed by atoms with Gasteiger partial charge in [0.2, 0.25) is 0 Å². The van der Waals surface area contributed by atoms with Gasteiger partial charge < -0.3 is 9.84 Å². The standard InChI is InChI=1S/C8H11NO3/c10-8(11)7-9-4-6(12-7)5-2-1-3-5/h5-6H,1-4H2,(H,10,11). The van der Waals surface area contributed by atoms with Crippen LogP contribution in [0.4, 0.5) is 0 Å².